The summed E-state index contributed by atoms with van der Waals surface area (Å²) in [4.78, 5) is 12.1. The second kappa shape index (κ2) is 8.20. The lowest BCUT2D eigenvalue weighted by atomic mass is 10.1. The highest BCUT2D eigenvalue weighted by Gasteiger charge is 2.15. The number of ether oxygens (including phenoxy) is 1. The fourth-order valence-electron chi connectivity index (χ4n) is 1.68. The third-order valence-electron chi connectivity index (χ3n) is 2.86. The Morgan fingerprint density at radius 2 is 1.94 bits per heavy atom. The van der Waals surface area contributed by atoms with Crippen LogP contribution in [0.4, 0.5) is 0 Å². The second-order valence-electron chi connectivity index (χ2n) is 4.31. The van der Waals surface area contributed by atoms with Gasteiger partial charge in [0, 0.05) is 5.56 Å². The van der Waals surface area contributed by atoms with E-state index in [1.54, 1.807) is 18.9 Å². The van der Waals surface area contributed by atoms with Crippen molar-refractivity contribution in [1.82, 2.24) is 0 Å². The molecule has 0 saturated carbocycles. The van der Waals surface area contributed by atoms with Gasteiger partial charge in [0.25, 0.3) is 0 Å². The van der Waals surface area contributed by atoms with Crippen LogP contribution in [0.5, 0.6) is 5.75 Å². The molecule has 2 nitrogen and oxygen atoms in total. The van der Waals surface area contributed by atoms with Gasteiger partial charge in [0.15, 0.2) is 5.78 Å². The van der Waals surface area contributed by atoms with Crippen molar-refractivity contribution in [2.24, 2.45) is 0 Å². The third kappa shape index (κ3) is 4.73. The Kier molecular flexibility index (Phi) is 6.88. The molecule has 1 aromatic carbocycles. The fraction of sp³-hybridized carbons (Fsp3) is 0.533. The lowest BCUT2D eigenvalue weighted by molar-refractivity contribution is 0.0994. The van der Waals surface area contributed by atoms with E-state index in [4.69, 9.17) is 4.74 Å². The van der Waals surface area contributed by atoms with Crippen molar-refractivity contribution in [3.63, 3.8) is 0 Å². The van der Waals surface area contributed by atoms with E-state index in [2.05, 4.69) is 6.92 Å². The molecule has 1 atom stereocenters. The molecule has 3 heteroatoms. The molecule has 100 valence electrons. The van der Waals surface area contributed by atoms with Gasteiger partial charge in [0.2, 0.25) is 0 Å². The number of rotatable bonds is 8. The number of carbonyl (C=O) groups is 1. The molecule has 0 fully saturated rings. The van der Waals surface area contributed by atoms with E-state index < -0.39 is 0 Å². The lowest BCUT2D eigenvalue weighted by Crippen LogP contribution is -2.14. The number of thioether (sulfide) groups is 1. The van der Waals surface area contributed by atoms with Crippen LogP contribution in [0.1, 0.15) is 43.5 Å². The van der Waals surface area contributed by atoms with Gasteiger partial charge >= 0.3 is 0 Å². The number of Topliss-reactive ketones (excluding diaryl/α,β-unsaturated/α-hetero) is 1. The first-order chi connectivity index (χ1) is 8.69. The minimum Gasteiger partial charge on any atom is -0.497 e. The molecule has 18 heavy (non-hydrogen) atoms. The van der Waals surface area contributed by atoms with Crippen LogP contribution in [-0.2, 0) is 0 Å². The average molecular weight is 266 g/mol. The van der Waals surface area contributed by atoms with E-state index in [9.17, 15) is 4.79 Å². The summed E-state index contributed by atoms with van der Waals surface area (Å²) in [6, 6.07) is 7.35. The fourth-order valence-corrected chi connectivity index (χ4v) is 2.69. The molecule has 0 aromatic heterocycles. The summed E-state index contributed by atoms with van der Waals surface area (Å²) in [5, 5.41) is 0.0373. The van der Waals surface area contributed by atoms with Crippen molar-refractivity contribution < 1.29 is 9.53 Å². The van der Waals surface area contributed by atoms with Crippen LogP contribution in [0, 0.1) is 0 Å². The molecule has 0 amide bonds. The first kappa shape index (κ1) is 15.1. The van der Waals surface area contributed by atoms with Gasteiger partial charge in [0.05, 0.1) is 12.4 Å². The summed E-state index contributed by atoms with van der Waals surface area (Å²) in [6.07, 6.45) is 3.67. The van der Waals surface area contributed by atoms with Crippen LogP contribution >= 0.6 is 11.8 Å². The van der Waals surface area contributed by atoms with Crippen molar-refractivity contribution in [2.45, 2.75) is 38.4 Å². The largest absolute Gasteiger partial charge is 0.497 e. The maximum absolute atomic E-state index is 12.1. The predicted molar refractivity (Wildman–Crippen MR) is 78.8 cm³/mol. The van der Waals surface area contributed by atoms with Gasteiger partial charge in [-0.1, -0.05) is 19.8 Å². The standard InChI is InChI=1S/C15H22O2S/c1-4-5-6-11-18-12(2)15(16)13-7-9-14(17-3)10-8-13/h7-10,12H,4-6,11H2,1-3H3. The lowest BCUT2D eigenvalue weighted by Gasteiger charge is -2.10. The van der Waals surface area contributed by atoms with Gasteiger partial charge in [-0.05, 0) is 43.4 Å². The maximum atomic E-state index is 12.1. The Morgan fingerprint density at radius 1 is 1.28 bits per heavy atom. The molecule has 0 aliphatic carbocycles. The van der Waals surface area contributed by atoms with E-state index in [1.165, 1.54) is 19.3 Å². The highest BCUT2D eigenvalue weighted by Crippen LogP contribution is 2.19. The van der Waals surface area contributed by atoms with Crippen molar-refractivity contribution in [3.05, 3.63) is 29.8 Å². The topological polar surface area (TPSA) is 26.3 Å². The van der Waals surface area contributed by atoms with E-state index in [0.29, 0.717) is 0 Å². The summed E-state index contributed by atoms with van der Waals surface area (Å²) in [5.74, 6) is 2.06. The summed E-state index contributed by atoms with van der Waals surface area (Å²) in [7, 11) is 1.63. The molecular formula is C15H22O2S. The van der Waals surface area contributed by atoms with Crippen molar-refractivity contribution >= 4 is 17.5 Å². The molecule has 0 spiro atoms. The highest BCUT2D eigenvalue weighted by molar-refractivity contribution is 8.00. The van der Waals surface area contributed by atoms with E-state index >= 15 is 0 Å². The third-order valence-corrected chi connectivity index (χ3v) is 4.10. The summed E-state index contributed by atoms with van der Waals surface area (Å²) < 4.78 is 5.08. The molecule has 0 saturated heterocycles. The average Bonchev–Trinajstić information content (AvgIpc) is 2.42. The quantitative estimate of drug-likeness (QED) is 0.521. The number of unbranched alkanes of at least 4 members (excludes halogenated alkanes) is 2. The molecule has 0 aliphatic heterocycles. The van der Waals surface area contributed by atoms with E-state index in [0.717, 1.165) is 17.1 Å². The second-order valence-corrected chi connectivity index (χ2v) is 5.76. The molecule has 1 aromatic rings. The molecular weight excluding hydrogens is 244 g/mol. The Bertz CT molecular complexity index is 359. The van der Waals surface area contributed by atoms with Crippen molar-refractivity contribution in [1.29, 1.82) is 0 Å². The molecule has 0 N–H and O–H groups in total. The van der Waals surface area contributed by atoms with Crippen molar-refractivity contribution in [2.75, 3.05) is 12.9 Å². The number of hydrogen-bond donors (Lipinski definition) is 0. The van der Waals surface area contributed by atoms with Crippen molar-refractivity contribution in [3.8, 4) is 5.75 Å². The molecule has 0 radical (unpaired) electrons. The van der Waals surface area contributed by atoms with Crippen LogP contribution < -0.4 is 4.74 Å². The monoisotopic (exact) mass is 266 g/mol. The van der Waals surface area contributed by atoms with E-state index in [-0.39, 0.29) is 11.0 Å². The molecule has 0 bridgehead atoms. The van der Waals surface area contributed by atoms with Gasteiger partial charge in [-0.3, -0.25) is 4.79 Å². The zero-order valence-electron chi connectivity index (χ0n) is 11.4. The number of methoxy groups -OCH3 is 1. The zero-order valence-corrected chi connectivity index (χ0v) is 12.3. The summed E-state index contributed by atoms with van der Waals surface area (Å²) in [6.45, 7) is 4.18. The van der Waals surface area contributed by atoms with Crippen LogP contribution in [0.25, 0.3) is 0 Å². The first-order valence-electron chi connectivity index (χ1n) is 6.49. The normalized spacial score (nSPS) is 12.2. The predicted octanol–water partition coefficient (Wildman–Crippen LogP) is 4.19. The molecule has 1 rings (SSSR count). The minimum absolute atomic E-state index is 0.0373. The van der Waals surface area contributed by atoms with Crippen LogP contribution in [0.15, 0.2) is 24.3 Å². The number of ketones is 1. The summed E-state index contributed by atoms with van der Waals surface area (Å²) >= 11 is 1.75. The minimum atomic E-state index is 0.0373. The Labute approximate surface area is 114 Å². The number of carbonyl (C=O) groups excluding carboxylic acids is 1. The summed E-state index contributed by atoms with van der Waals surface area (Å²) in [5.41, 5.74) is 0.770. The SMILES string of the molecule is CCCCCSC(C)C(=O)c1ccc(OC)cc1. The van der Waals surface area contributed by atoms with Gasteiger partial charge in [-0.25, -0.2) is 0 Å². The Hall–Kier alpha value is -0.960. The highest BCUT2D eigenvalue weighted by atomic mass is 32.2. The number of hydrogen-bond acceptors (Lipinski definition) is 3. The molecule has 0 heterocycles. The molecule has 0 aliphatic rings. The van der Waals surface area contributed by atoms with Gasteiger partial charge in [0.1, 0.15) is 5.75 Å². The first-order valence-corrected chi connectivity index (χ1v) is 7.53. The Morgan fingerprint density at radius 3 is 2.50 bits per heavy atom. The Balaban J connectivity index is 2.46. The number of benzene rings is 1. The smallest absolute Gasteiger partial charge is 0.175 e. The van der Waals surface area contributed by atoms with E-state index in [1.807, 2.05) is 31.2 Å². The van der Waals surface area contributed by atoms with Crippen LogP contribution in [0.3, 0.4) is 0 Å². The van der Waals surface area contributed by atoms with Crippen LogP contribution in [0.2, 0.25) is 0 Å². The van der Waals surface area contributed by atoms with Gasteiger partial charge in [-0.2, -0.15) is 11.8 Å². The maximum Gasteiger partial charge on any atom is 0.175 e. The zero-order chi connectivity index (χ0) is 13.4. The van der Waals surface area contributed by atoms with Crippen LogP contribution in [-0.4, -0.2) is 23.9 Å². The van der Waals surface area contributed by atoms with Gasteiger partial charge in [-0.15, -0.1) is 0 Å². The molecule has 1 unspecified atom stereocenters. The van der Waals surface area contributed by atoms with Gasteiger partial charge < -0.3 is 4.74 Å².